The number of hydrogen-bond donors (Lipinski definition) is 1. The highest BCUT2D eigenvalue weighted by molar-refractivity contribution is 7.71. The molecule has 0 unspecified atom stereocenters. The second-order valence-corrected chi connectivity index (χ2v) is 6.24. The molecule has 6 nitrogen and oxygen atoms in total. The van der Waals surface area contributed by atoms with Crippen LogP contribution in [0.2, 0.25) is 0 Å². The van der Waals surface area contributed by atoms with Crippen molar-refractivity contribution in [1.82, 2.24) is 14.9 Å². The van der Waals surface area contributed by atoms with E-state index in [9.17, 15) is 0 Å². The second kappa shape index (κ2) is 7.97. The first-order valence-corrected chi connectivity index (χ1v) is 8.61. The maximum Gasteiger partial charge on any atom is 0.216 e. The van der Waals surface area contributed by atoms with Crippen LogP contribution in [0.25, 0.3) is 11.4 Å². The summed E-state index contributed by atoms with van der Waals surface area (Å²) in [6.07, 6.45) is 1.76. The van der Waals surface area contributed by atoms with E-state index in [2.05, 4.69) is 15.3 Å². The van der Waals surface area contributed by atoms with Gasteiger partial charge in [0.15, 0.2) is 17.3 Å². The molecule has 0 spiro atoms. The van der Waals surface area contributed by atoms with E-state index in [0.29, 0.717) is 22.1 Å². The van der Waals surface area contributed by atoms with Gasteiger partial charge < -0.3 is 9.47 Å². The first kappa shape index (κ1) is 17.9. The zero-order valence-corrected chi connectivity index (χ0v) is 15.7. The number of hydrogen-bond acceptors (Lipinski definition) is 5. The van der Waals surface area contributed by atoms with Gasteiger partial charge in [-0.1, -0.05) is 30.3 Å². The van der Waals surface area contributed by atoms with Crippen LogP contribution in [-0.2, 0) is 0 Å². The lowest BCUT2D eigenvalue weighted by Gasteiger charge is -2.13. The monoisotopic (exact) mass is 368 g/mol. The molecule has 0 aliphatic carbocycles. The van der Waals surface area contributed by atoms with E-state index in [1.54, 1.807) is 18.0 Å². The number of nitrogens with one attached hydrogen (secondary N) is 1. The van der Waals surface area contributed by atoms with E-state index in [-0.39, 0.29) is 6.10 Å². The van der Waals surface area contributed by atoms with Gasteiger partial charge in [-0.2, -0.15) is 14.9 Å². The third-order valence-corrected chi connectivity index (χ3v) is 3.82. The molecule has 0 saturated carbocycles. The number of ether oxygens (including phenoxy) is 2. The summed E-state index contributed by atoms with van der Waals surface area (Å²) in [4.78, 5) is 0. The molecule has 0 saturated heterocycles. The summed E-state index contributed by atoms with van der Waals surface area (Å²) in [5.41, 5.74) is 1.79. The zero-order chi connectivity index (χ0) is 18.5. The number of nitrogens with zero attached hydrogens (tertiary/aromatic N) is 3. The van der Waals surface area contributed by atoms with Gasteiger partial charge in [-0.05, 0) is 49.8 Å². The normalized spacial score (nSPS) is 11.2. The number of methoxy groups -OCH3 is 1. The topological polar surface area (TPSA) is 64.4 Å². The number of aromatic amines is 1. The third kappa shape index (κ3) is 4.00. The minimum absolute atomic E-state index is 0.0447. The quantitative estimate of drug-likeness (QED) is 0.521. The van der Waals surface area contributed by atoms with Crippen molar-refractivity contribution in [3.8, 4) is 22.9 Å². The Labute approximate surface area is 157 Å². The maximum atomic E-state index is 5.80. The Morgan fingerprint density at radius 2 is 1.92 bits per heavy atom. The van der Waals surface area contributed by atoms with Gasteiger partial charge in [0.1, 0.15) is 0 Å². The van der Waals surface area contributed by atoms with Crippen molar-refractivity contribution in [2.75, 3.05) is 7.11 Å². The maximum absolute atomic E-state index is 5.80. The Morgan fingerprint density at radius 3 is 2.62 bits per heavy atom. The van der Waals surface area contributed by atoms with Crippen molar-refractivity contribution >= 4 is 18.4 Å². The first-order chi connectivity index (χ1) is 12.6. The van der Waals surface area contributed by atoms with Crippen LogP contribution in [0.15, 0.2) is 53.6 Å². The van der Waals surface area contributed by atoms with E-state index in [1.165, 1.54) is 0 Å². The van der Waals surface area contributed by atoms with Crippen LogP contribution < -0.4 is 9.47 Å². The molecule has 0 amide bonds. The van der Waals surface area contributed by atoms with E-state index < -0.39 is 0 Å². The minimum atomic E-state index is 0.0447. The van der Waals surface area contributed by atoms with Crippen molar-refractivity contribution in [3.63, 3.8) is 0 Å². The van der Waals surface area contributed by atoms with Gasteiger partial charge in [-0.25, -0.2) is 5.10 Å². The average Bonchev–Trinajstić information content (AvgIpc) is 3.01. The molecule has 0 fully saturated rings. The Hall–Kier alpha value is -2.93. The molecule has 3 rings (SSSR count). The Morgan fingerprint density at radius 1 is 1.15 bits per heavy atom. The van der Waals surface area contributed by atoms with Crippen LogP contribution in [0.5, 0.6) is 11.5 Å². The van der Waals surface area contributed by atoms with E-state index in [1.807, 2.05) is 62.4 Å². The van der Waals surface area contributed by atoms with Crippen LogP contribution in [0, 0.1) is 4.77 Å². The summed E-state index contributed by atoms with van der Waals surface area (Å²) in [5, 5.41) is 11.5. The molecular weight excluding hydrogens is 348 g/mol. The molecule has 0 aliphatic rings. The molecule has 0 aliphatic heterocycles. The van der Waals surface area contributed by atoms with Crippen LogP contribution in [-0.4, -0.2) is 34.3 Å². The lowest BCUT2D eigenvalue weighted by molar-refractivity contribution is 0.230. The molecule has 7 heteroatoms. The van der Waals surface area contributed by atoms with Gasteiger partial charge in [-0.15, -0.1) is 0 Å². The summed E-state index contributed by atoms with van der Waals surface area (Å²) < 4.78 is 13.2. The minimum Gasteiger partial charge on any atom is -0.493 e. The van der Waals surface area contributed by atoms with E-state index >= 15 is 0 Å². The predicted octanol–water partition coefficient (Wildman–Crippen LogP) is 4.29. The largest absolute Gasteiger partial charge is 0.493 e. The summed E-state index contributed by atoms with van der Waals surface area (Å²) in [6.45, 7) is 3.94. The van der Waals surface area contributed by atoms with Gasteiger partial charge in [0.25, 0.3) is 0 Å². The highest BCUT2D eigenvalue weighted by Crippen LogP contribution is 2.28. The van der Waals surface area contributed by atoms with Crippen molar-refractivity contribution < 1.29 is 9.47 Å². The number of benzene rings is 2. The van der Waals surface area contributed by atoms with Crippen molar-refractivity contribution in [1.29, 1.82) is 0 Å². The van der Waals surface area contributed by atoms with E-state index in [4.69, 9.17) is 21.7 Å². The lowest BCUT2D eigenvalue weighted by Crippen LogP contribution is -2.07. The first-order valence-electron chi connectivity index (χ1n) is 8.20. The second-order valence-electron chi connectivity index (χ2n) is 5.85. The highest BCUT2D eigenvalue weighted by atomic mass is 32.1. The lowest BCUT2D eigenvalue weighted by atomic mass is 10.2. The van der Waals surface area contributed by atoms with Crippen LogP contribution in [0.3, 0.4) is 0 Å². The van der Waals surface area contributed by atoms with Gasteiger partial charge in [-0.3, -0.25) is 0 Å². The average molecular weight is 368 g/mol. The molecule has 26 heavy (non-hydrogen) atoms. The van der Waals surface area contributed by atoms with Crippen molar-refractivity contribution in [2.24, 2.45) is 5.10 Å². The predicted molar refractivity (Wildman–Crippen MR) is 105 cm³/mol. The standard InChI is InChI=1S/C19H20N4O2S/c1-13(2)25-17-11-14(9-10-16(17)24-3)12-20-23-18(21-22-19(23)26)15-7-5-4-6-8-15/h4-13H,1-3H3,(H,22,26)/b20-12-. The molecule has 1 N–H and O–H groups in total. The van der Waals surface area contributed by atoms with Gasteiger partial charge in [0.05, 0.1) is 19.4 Å². The highest BCUT2D eigenvalue weighted by Gasteiger charge is 2.09. The molecule has 0 bridgehead atoms. The fourth-order valence-electron chi connectivity index (χ4n) is 2.42. The molecule has 0 atom stereocenters. The van der Waals surface area contributed by atoms with Gasteiger partial charge >= 0.3 is 0 Å². The Balaban J connectivity index is 1.94. The molecule has 134 valence electrons. The molecular formula is C19H20N4O2S. The van der Waals surface area contributed by atoms with E-state index in [0.717, 1.165) is 11.1 Å². The number of aromatic nitrogens is 3. The van der Waals surface area contributed by atoms with Gasteiger partial charge in [0.2, 0.25) is 4.77 Å². The molecule has 1 aromatic heterocycles. The summed E-state index contributed by atoms with van der Waals surface area (Å²) in [6, 6.07) is 15.4. The SMILES string of the molecule is COc1ccc(/C=N\n2c(-c3ccccc3)n[nH]c2=S)cc1OC(C)C. The summed E-state index contributed by atoms with van der Waals surface area (Å²) >= 11 is 5.30. The van der Waals surface area contributed by atoms with Crippen molar-refractivity contribution in [3.05, 3.63) is 58.9 Å². The third-order valence-electron chi connectivity index (χ3n) is 3.56. The fourth-order valence-corrected chi connectivity index (χ4v) is 2.60. The molecule has 2 aromatic carbocycles. The Bertz CT molecular complexity index is 961. The number of rotatable bonds is 6. The Kier molecular flexibility index (Phi) is 5.48. The van der Waals surface area contributed by atoms with Crippen LogP contribution in [0.1, 0.15) is 19.4 Å². The fraction of sp³-hybridized carbons (Fsp3) is 0.211. The summed E-state index contributed by atoms with van der Waals surface area (Å²) in [7, 11) is 1.62. The van der Waals surface area contributed by atoms with Crippen LogP contribution >= 0.6 is 12.2 Å². The molecule has 3 aromatic rings. The molecule has 1 heterocycles. The zero-order valence-electron chi connectivity index (χ0n) is 14.8. The molecule has 0 radical (unpaired) electrons. The van der Waals surface area contributed by atoms with Crippen molar-refractivity contribution in [2.45, 2.75) is 20.0 Å². The number of H-pyrrole nitrogens is 1. The van der Waals surface area contributed by atoms with Gasteiger partial charge in [0, 0.05) is 5.56 Å². The van der Waals surface area contributed by atoms with Crippen LogP contribution in [0.4, 0.5) is 0 Å². The smallest absolute Gasteiger partial charge is 0.216 e. The summed E-state index contributed by atoms with van der Waals surface area (Å²) in [5.74, 6) is 2.00.